The van der Waals surface area contributed by atoms with E-state index >= 15 is 0 Å². The Balaban J connectivity index is 1.84. The minimum absolute atomic E-state index is 0.122. The van der Waals surface area contributed by atoms with Gasteiger partial charge in [0, 0.05) is 18.8 Å². The molecule has 0 amide bonds. The van der Waals surface area contributed by atoms with Crippen LogP contribution >= 0.6 is 0 Å². The molecule has 1 aliphatic rings. The minimum atomic E-state index is -0.432. The Labute approximate surface area is 162 Å². The molecule has 8 heteroatoms. The van der Waals surface area contributed by atoms with Gasteiger partial charge in [-0.3, -0.25) is 10.1 Å². The molecule has 0 spiro atoms. The molecule has 146 valence electrons. The Hall–Kier alpha value is -3.16. The zero-order valence-electron chi connectivity index (χ0n) is 16.2. The van der Waals surface area contributed by atoms with Crippen LogP contribution in [-0.2, 0) is 0 Å². The number of anilines is 3. The van der Waals surface area contributed by atoms with Crippen molar-refractivity contribution < 1.29 is 9.55 Å². The summed E-state index contributed by atoms with van der Waals surface area (Å²) < 4.78 is 4.90. The van der Waals surface area contributed by atoms with Gasteiger partial charge in [-0.15, -0.1) is 0 Å². The van der Waals surface area contributed by atoms with Gasteiger partial charge in [0.25, 0.3) is 0 Å². The van der Waals surface area contributed by atoms with Crippen molar-refractivity contribution in [2.45, 2.75) is 33.6 Å². The number of piperidine rings is 1. The molecular weight excluding hydrogens is 358 g/mol. The number of nitro groups is 1. The molecule has 28 heavy (non-hydrogen) atoms. The molecular formula is C20H23N5O3. The highest BCUT2D eigenvalue weighted by Gasteiger charge is 2.29. The molecule has 2 aromatic carbocycles. The summed E-state index contributed by atoms with van der Waals surface area (Å²) >= 11 is 0. The summed E-state index contributed by atoms with van der Waals surface area (Å²) in [5.41, 5.74) is 4.77. The van der Waals surface area contributed by atoms with E-state index in [2.05, 4.69) is 27.5 Å². The number of hydrogen-bond acceptors (Lipinski definition) is 7. The fraction of sp³-hybridized carbons (Fsp3) is 0.400. The lowest BCUT2D eigenvalue weighted by molar-refractivity contribution is -0.382. The fourth-order valence-corrected chi connectivity index (χ4v) is 3.82. The molecule has 1 aromatic heterocycles. The third kappa shape index (κ3) is 3.26. The normalized spacial score (nSPS) is 17.1. The van der Waals surface area contributed by atoms with Crippen LogP contribution in [0.1, 0.15) is 30.9 Å². The number of nitrogens with zero attached hydrogens (tertiary/aromatic N) is 4. The van der Waals surface area contributed by atoms with E-state index in [0.717, 1.165) is 36.4 Å². The van der Waals surface area contributed by atoms with Crippen molar-refractivity contribution in [3.8, 4) is 0 Å². The maximum atomic E-state index is 11.8. The van der Waals surface area contributed by atoms with Crippen LogP contribution in [0.2, 0.25) is 0 Å². The second-order valence-electron chi connectivity index (χ2n) is 7.63. The van der Waals surface area contributed by atoms with Crippen molar-refractivity contribution in [2.24, 2.45) is 5.92 Å². The van der Waals surface area contributed by atoms with Gasteiger partial charge in [0.15, 0.2) is 5.52 Å². The molecule has 1 N–H and O–H groups in total. The van der Waals surface area contributed by atoms with Crippen LogP contribution in [0.15, 0.2) is 28.9 Å². The maximum Gasteiger partial charge on any atom is 0.324 e. The van der Waals surface area contributed by atoms with Crippen molar-refractivity contribution in [1.29, 1.82) is 0 Å². The smallest absolute Gasteiger partial charge is 0.324 e. The Morgan fingerprint density at radius 2 is 2.00 bits per heavy atom. The van der Waals surface area contributed by atoms with Gasteiger partial charge in [0.2, 0.25) is 5.52 Å². The Morgan fingerprint density at radius 1 is 1.21 bits per heavy atom. The Bertz CT molecular complexity index is 1050. The first-order chi connectivity index (χ1) is 13.4. The first kappa shape index (κ1) is 18.2. The summed E-state index contributed by atoms with van der Waals surface area (Å²) in [6.45, 7) is 8.02. The summed E-state index contributed by atoms with van der Waals surface area (Å²) in [7, 11) is 0. The molecule has 8 nitrogen and oxygen atoms in total. The zero-order chi connectivity index (χ0) is 19.8. The van der Waals surface area contributed by atoms with Gasteiger partial charge in [-0.1, -0.05) is 13.0 Å². The van der Waals surface area contributed by atoms with Crippen LogP contribution in [0.3, 0.4) is 0 Å². The van der Waals surface area contributed by atoms with E-state index in [1.54, 1.807) is 6.07 Å². The van der Waals surface area contributed by atoms with Crippen molar-refractivity contribution in [2.75, 3.05) is 23.3 Å². The Kier molecular flexibility index (Phi) is 4.62. The first-order valence-electron chi connectivity index (χ1n) is 9.47. The van der Waals surface area contributed by atoms with Gasteiger partial charge in [0.1, 0.15) is 5.69 Å². The summed E-state index contributed by atoms with van der Waals surface area (Å²) in [6, 6.07) is 7.69. The monoisotopic (exact) mass is 381 g/mol. The van der Waals surface area contributed by atoms with Crippen molar-refractivity contribution in [3.05, 3.63) is 45.5 Å². The standard InChI is InChI=1S/C20H23N5O3/c1-12-5-4-8-24(11-12)17-10-16(21-15-7-6-13(2)14(3)9-15)20(25(26)27)19-18(17)22-28-23-19/h6-7,9-10,12,21H,4-5,8,11H2,1-3H3/t12-/m1/s1. The summed E-state index contributed by atoms with van der Waals surface area (Å²) in [5, 5.41) is 22.9. The zero-order valence-corrected chi connectivity index (χ0v) is 16.2. The molecule has 0 aliphatic carbocycles. The molecule has 1 aliphatic heterocycles. The van der Waals surface area contributed by atoms with Crippen molar-refractivity contribution >= 4 is 33.8 Å². The van der Waals surface area contributed by atoms with E-state index in [1.165, 1.54) is 12.0 Å². The second kappa shape index (κ2) is 7.10. The number of benzene rings is 2. The number of aryl methyl sites for hydroxylation is 2. The minimum Gasteiger partial charge on any atom is -0.369 e. The van der Waals surface area contributed by atoms with Crippen LogP contribution in [0.25, 0.3) is 11.0 Å². The third-order valence-corrected chi connectivity index (χ3v) is 5.46. The van der Waals surface area contributed by atoms with E-state index in [-0.39, 0.29) is 11.2 Å². The van der Waals surface area contributed by atoms with Gasteiger partial charge in [0.05, 0.1) is 10.6 Å². The predicted octanol–water partition coefficient (Wildman–Crippen LogP) is 4.73. The van der Waals surface area contributed by atoms with Gasteiger partial charge >= 0.3 is 5.69 Å². The SMILES string of the molecule is Cc1ccc(Nc2cc(N3CCC[C@@H](C)C3)c3nonc3c2[N+](=O)[O-])cc1C. The third-order valence-electron chi connectivity index (χ3n) is 5.46. The van der Waals surface area contributed by atoms with E-state index in [0.29, 0.717) is 17.1 Å². The van der Waals surface area contributed by atoms with Crippen LogP contribution in [0, 0.1) is 29.9 Å². The average Bonchev–Trinajstić information content (AvgIpc) is 3.13. The quantitative estimate of drug-likeness (QED) is 0.515. The number of hydrogen-bond donors (Lipinski definition) is 1. The molecule has 2 heterocycles. The number of rotatable bonds is 4. The average molecular weight is 381 g/mol. The van der Waals surface area contributed by atoms with Crippen molar-refractivity contribution in [3.63, 3.8) is 0 Å². The highest BCUT2D eigenvalue weighted by Crippen LogP contribution is 2.40. The predicted molar refractivity (Wildman–Crippen MR) is 108 cm³/mol. The van der Waals surface area contributed by atoms with E-state index < -0.39 is 4.92 Å². The molecule has 0 radical (unpaired) electrons. The molecule has 1 saturated heterocycles. The van der Waals surface area contributed by atoms with Crippen LogP contribution in [0.5, 0.6) is 0 Å². The number of aromatic nitrogens is 2. The maximum absolute atomic E-state index is 11.8. The van der Waals surface area contributed by atoms with E-state index in [1.807, 2.05) is 32.0 Å². The lowest BCUT2D eigenvalue weighted by atomic mass is 9.99. The number of nitrogens with one attached hydrogen (secondary N) is 1. The molecule has 1 fully saturated rings. The summed E-state index contributed by atoms with van der Waals surface area (Å²) in [4.78, 5) is 13.6. The lowest BCUT2D eigenvalue weighted by Crippen LogP contribution is -2.34. The molecule has 0 unspecified atom stereocenters. The van der Waals surface area contributed by atoms with Gasteiger partial charge in [-0.05, 0) is 72.2 Å². The second-order valence-corrected chi connectivity index (χ2v) is 7.63. The van der Waals surface area contributed by atoms with E-state index in [4.69, 9.17) is 4.63 Å². The summed E-state index contributed by atoms with van der Waals surface area (Å²) in [5.74, 6) is 0.551. The molecule has 3 aromatic rings. The lowest BCUT2D eigenvalue weighted by Gasteiger charge is -2.32. The molecule has 0 saturated carbocycles. The highest BCUT2D eigenvalue weighted by molar-refractivity contribution is 6.00. The fourth-order valence-electron chi connectivity index (χ4n) is 3.82. The molecule has 1 atom stereocenters. The molecule has 4 rings (SSSR count). The van der Waals surface area contributed by atoms with Crippen molar-refractivity contribution in [1.82, 2.24) is 10.3 Å². The van der Waals surface area contributed by atoms with Gasteiger partial charge in [-0.25, -0.2) is 4.63 Å². The topological polar surface area (TPSA) is 97.3 Å². The first-order valence-corrected chi connectivity index (χ1v) is 9.47. The van der Waals surface area contributed by atoms with Crippen LogP contribution < -0.4 is 10.2 Å². The largest absolute Gasteiger partial charge is 0.369 e. The van der Waals surface area contributed by atoms with Gasteiger partial charge < -0.3 is 10.2 Å². The number of fused-ring (bicyclic) bond motifs is 1. The highest BCUT2D eigenvalue weighted by atomic mass is 16.6. The van der Waals surface area contributed by atoms with Gasteiger partial charge in [-0.2, -0.15) is 0 Å². The molecule has 0 bridgehead atoms. The Morgan fingerprint density at radius 3 is 2.71 bits per heavy atom. The summed E-state index contributed by atoms with van der Waals surface area (Å²) in [6.07, 6.45) is 2.25. The van der Waals surface area contributed by atoms with E-state index in [9.17, 15) is 10.1 Å². The van der Waals surface area contributed by atoms with Crippen LogP contribution in [0.4, 0.5) is 22.7 Å². The van der Waals surface area contributed by atoms with Crippen LogP contribution in [-0.4, -0.2) is 28.3 Å². The number of nitro benzene ring substituents is 1.